The third-order valence-electron chi connectivity index (χ3n) is 8.88. The van der Waals surface area contributed by atoms with Crippen LogP contribution in [0.5, 0.6) is 0 Å². The van der Waals surface area contributed by atoms with Crippen LogP contribution in [0.2, 0.25) is 0 Å². The van der Waals surface area contributed by atoms with Crippen molar-refractivity contribution in [3.8, 4) is 11.1 Å². The summed E-state index contributed by atoms with van der Waals surface area (Å²) in [6.07, 6.45) is 3.81. The fourth-order valence-electron chi connectivity index (χ4n) is 6.58. The summed E-state index contributed by atoms with van der Waals surface area (Å²) >= 11 is 0. The molecule has 7 heteroatoms. The lowest BCUT2D eigenvalue weighted by molar-refractivity contribution is -0.144. The highest BCUT2D eigenvalue weighted by molar-refractivity contribution is 5.85. The van der Waals surface area contributed by atoms with Crippen molar-refractivity contribution in [3.05, 3.63) is 59.7 Å². The Morgan fingerprint density at radius 1 is 0.971 bits per heavy atom. The number of carbonyl (C=O) groups excluding carboxylic acids is 2. The molecule has 35 heavy (non-hydrogen) atoms. The van der Waals surface area contributed by atoms with Crippen LogP contribution < -0.4 is 10.6 Å². The number of rotatable bonds is 7. The van der Waals surface area contributed by atoms with Crippen molar-refractivity contribution in [2.75, 3.05) is 13.2 Å². The zero-order valence-electron chi connectivity index (χ0n) is 19.6. The van der Waals surface area contributed by atoms with Crippen LogP contribution in [0.25, 0.3) is 11.1 Å². The van der Waals surface area contributed by atoms with Crippen molar-refractivity contribution in [1.82, 2.24) is 10.6 Å². The van der Waals surface area contributed by atoms with Crippen LogP contribution >= 0.6 is 0 Å². The Morgan fingerprint density at radius 3 is 2.20 bits per heavy atom. The summed E-state index contributed by atoms with van der Waals surface area (Å²) in [6.45, 7) is 0.468. The van der Waals surface area contributed by atoms with Gasteiger partial charge < -0.3 is 20.5 Å². The lowest BCUT2D eigenvalue weighted by Gasteiger charge is -2.41. The highest BCUT2D eigenvalue weighted by Crippen LogP contribution is 2.63. The van der Waals surface area contributed by atoms with E-state index in [4.69, 9.17) is 4.74 Å². The lowest BCUT2D eigenvalue weighted by atomic mass is 9.68. The Kier molecular flexibility index (Phi) is 5.13. The van der Waals surface area contributed by atoms with E-state index in [1.165, 1.54) is 11.1 Å². The van der Waals surface area contributed by atoms with Crippen molar-refractivity contribution in [1.29, 1.82) is 0 Å². The quantitative estimate of drug-likeness (QED) is 0.561. The van der Waals surface area contributed by atoms with Gasteiger partial charge in [-0.15, -0.1) is 0 Å². The maximum absolute atomic E-state index is 13.1. The molecular weight excluding hydrogens is 444 g/mol. The molecule has 2 aromatic rings. The number of carbonyl (C=O) groups is 3. The van der Waals surface area contributed by atoms with E-state index in [2.05, 4.69) is 34.9 Å². The summed E-state index contributed by atoms with van der Waals surface area (Å²) < 4.78 is 5.63. The molecule has 4 aliphatic rings. The van der Waals surface area contributed by atoms with Gasteiger partial charge in [-0.2, -0.15) is 0 Å². The number of hydrogen-bond acceptors (Lipinski definition) is 4. The van der Waals surface area contributed by atoms with Crippen LogP contribution in [0.4, 0.5) is 4.79 Å². The molecule has 4 aliphatic carbocycles. The van der Waals surface area contributed by atoms with Gasteiger partial charge in [0.25, 0.3) is 0 Å². The first-order chi connectivity index (χ1) is 16.9. The van der Waals surface area contributed by atoms with Crippen LogP contribution in [0, 0.1) is 16.7 Å². The van der Waals surface area contributed by atoms with Crippen LogP contribution in [-0.2, 0) is 14.3 Å². The smallest absolute Gasteiger partial charge is 0.407 e. The van der Waals surface area contributed by atoms with E-state index in [1.807, 2.05) is 24.3 Å². The molecule has 3 fully saturated rings. The number of carboxylic acids is 1. The van der Waals surface area contributed by atoms with Gasteiger partial charge in [0.05, 0.1) is 10.8 Å². The summed E-state index contributed by atoms with van der Waals surface area (Å²) in [4.78, 5) is 37.3. The molecule has 0 spiro atoms. The van der Waals surface area contributed by atoms with Gasteiger partial charge in [-0.05, 0) is 60.3 Å². The topological polar surface area (TPSA) is 105 Å². The minimum Gasteiger partial charge on any atom is -0.481 e. The summed E-state index contributed by atoms with van der Waals surface area (Å²) in [7, 11) is 0. The van der Waals surface area contributed by atoms with Crippen LogP contribution in [0.3, 0.4) is 0 Å². The number of nitrogens with one attached hydrogen (secondary N) is 2. The minimum atomic E-state index is -0.741. The Balaban J connectivity index is 1.04. The molecule has 6 rings (SSSR count). The number of carboxylic acid groups (broad SMARTS) is 1. The molecule has 3 atom stereocenters. The summed E-state index contributed by atoms with van der Waals surface area (Å²) in [5.41, 5.74) is 3.42. The van der Waals surface area contributed by atoms with Gasteiger partial charge in [0, 0.05) is 18.5 Å². The summed E-state index contributed by atoms with van der Waals surface area (Å²) in [6, 6.07) is 16.3. The number of alkyl carbamates (subject to hydrolysis) is 1. The van der Waals surface area contributed by atoms with Gasteiger partial charge >= 0.3 is 12.1 Å². The van der Waals surface area contributed by atoms with E-state index >= 15 is 0 Å². The average Bonchev–Trinajstić information content (AvgIpc) is 3.26. The molecule has 2 amide bonds. The fraction of sp³-hybridized carbons (Fsp3) is 0.464. The standard InChI is InChI=1S/C28H30N2O5/c31-24(30-18-12-17-13-28(17,14-18)25(32)33)27(10-5-11-27)16-29-26(34)35-15-23-21-8-3-1-6-19(21)20-7-2-4-9-22(20)23/h1-4,6-9,17-18,23H,5,10-16H2,(H,29,34)(H,30,31)(H,32,33). The van der Waals surface area contributed by atoms with Crippen molar-refractivity contribution in [2.24, 2.45) is 16.7 Å². The fourth-order valence-corrected chi connectivity index (χ4v) is 6.58. The highest BCUT2D eigenvalue weighted by atomic mass is 16.5. The first-order valence-electron chi connectivity index (χ1n) is 12.6. The second kappa shape index (κ2) is 8.11. The lowest BCUT2D eigenvalue weighted by Crippen LogP contribution is -2.54. The monoisotopic (exact) mass is 474 g/mol. The highest BCUT2D eigenvalue weighted by Gasteiger charge is 2.65. The molecule has 0 saturated heterocycles. The number of fused-ring (bicyclic) bond motifs is 4. The molecule has 0 radical (unpaired) electrons. The third kappa shape index (κ3) is 3.60. The van der Waals surface area contributed by atoms with E-state index in [1.54, 1.807) is 0 Å². The minimum absolute atomic E-state index is 0.00975. The van der Waals surface area contributed by atoms with Crippen LogP contribution in [0.15, 0.2) is 48.5 Å². The number of aliphatic carboxylic acids is 1. The SMILES string of the molecule is O=C(NCC1(C(=O)NC2CC3CC3(C(=O)O)C2)CCC1)OCC1c2ccccc2-c2ccccc21. The number of ether oxygens (including phenoxy) is 1. The second-order valence-corrected chi connectivity index (χ2v) is 10.8. The van der Waals surface area contributed by atoms with Gasteiger partial charge in [0.2, 0.25) is 5.91 Å². The molecule has 3 unspecified atom stereocenters. The van der Waals surface area contributed by atoms with Crippen molar-refractivity contribution in [3.63, 3.8) is 0 Å². The normalized spacial score (nSPS) is 27.1. The zero-order valence-corrected chi connectivity index (χ0v) is 19.6. The maximum atomic E-state index is 13.1. The predicted molar refractivity (Wildman–Crippen MR) is 129 cm³/mol. The molecule has 0 aromatic heterocycles. The van der Waals surface area contributed by atoms with Gasteiger partial charge in [-0.25, -0.2) is 4.79 Å². The first kappa shape index (κ1) is 22.1. The van der Waals surface area contributed by atoms with E-state index in [0.717, 1.165) is 30.4 Å². The molecule has 3 saturated carbocycles. The molecule has 0 bridgehead atoms. The van der Waals surface area contributed by atoms with Crippen molar-refractivity contribution < 1.29 is 24.2 Å². The molecule has 2 aromatic carbocycles. The predicted octanol–water partition coefficient (Wildman–Crippen LogP) is 4.06. The number of benzene rings is 2. The maximum Gasteiger partial charge on any atom is 0.407 e. The molecule has 0 aliphatic heterocycles. The van der Waals surface area contributed by atoms with E-state index in [-0.39, 0.29) is 36.9 Å². The average molecular weight is 475 g/mol. The second-order valence-electron chi connectivity index (χ2n) is 10.8. The summed E-state index contributed by atoms with van der Waals surface area (Å²) in [5, 5.41) is 15.4. The van der Waals surface area contributed by atoms with E-state index < -0.39 is 22.9 Å². The van der Waals surface area contributed by atoms with Gasteiger partial charge in [0.15, 0.2) is 0 Å². The molecule has 182 valence electrons. The number of hydrogen-bond donors (Lipinski definition) is 3. The molecular formula is C28H30N2O5. The first-order valence-corrected chi connectivity index (χ1v) is 12.6. The molecule has 0 heterocycles. The van der Waals surface area contributed by atoms with Crippen LogP contribution in [-0.4, -0.2) is 42.3 Å². The van der Waals surface area contributed by atoms with Gasteiger partial charge in [-0.1, -0.05) is 55.0 Å². The van der Waals surface area contributed by atoms with E-state index in [0.29, 0.717) is 19.3 Å². The van der Waals surface area contributed by atoms with E-state index in [9.17, 15) is 19.5 Å². The molecule has 3 N–H and O–H groups in total. The molecule has 7 nitrogen and oxygen atoms in total. The van der Waals surface area contributed by atoms with Gasteiger partial charge in [-0.3, -0.25) is 9.59 Å². The summed E-state index contributed by atoms with van der Waals surface area (Å²) in [5.74, 6) is -0.643. The van der Waals surface area contributed by atoms with Gasteiger partial charge in [0.1, 0.15) is 6.61 Å². The Bertz CT molecular complexity index is 1160. The van der Waals surface area contributed by atoms with Crippen LogP contribution in [0.1, 0.15) is 55.6 Å². The Hall–Kier alpha value is -3.35. The number of amides is 2. The Labute approximate surface area is 204 Å². The zero-order chi connectivity index (χ0) is 24.2. The largest absolute Gasteiger partial charge is 0.481 e. The Morgan fingerprint density at radius 2 is 1.63 bits per heavy atom. The van der Waals surface area contributed by atoms with Crippen molar-refractivity contribution in [2.45, 2.75) is 50.5 Å². The third-order valence-corrected chi connectivity index (χ3v) is 8.88. The van der Waals surface area contributed by atoms with Crippen molar-refractivity contribution >= 4 is 18.0 Å².